The molecule has 0 aliphatic rings. The number of ketones is 1. The molecular formula is C9H10OS. The molecule has 0 unspecified atom stereocenters. The van der Waals surface area contributed by atoms with Gasteiger partial charge in [0.25, 0.3) is 0 Å². The normalized spacial score (nSPS) is 10.7. The molecule has 0 N–H and O–H groups in total. The van der Waals surface area contributed by atoms with Crippen LogP contribution in [0.25, 0.3) is 0 Å². The number of carbonyl (C=O) groups excluding carboxylic acids is 1. The van der Waals surface area contributed by atoms with E-state index in [2.05, 4.69) is 0 Å². The van der Waals surface area contributed by atoms with Crippen molar-refractivity contribution in [3.05, 3.63) is 34.0 Å². The van der Waals surface area contributed by atoms with E-state index in [0.29, 0.717) is 0 Å². The molecule has 0 bridgehead atoms. The fourth-order valence-corrected chi connectivity index (χ4v) is 1.59. The van der Waals surface area contributed by atoms with Gasteiger partial charge in [0, 0.05) is 4.88 Å². The summed E-state index contributed by atoms with van der Waals surface area (Å²) >= 11 is 1.53. The van der Waals surface area contributed by atoms with E-state index in [1.807, 2.05) is 26.0 Å². The Kier molecular flexibility index (Phi) is 2.60. The van der Waals surface area contributed by atoms with Crippen molar-refractivity contribution in [2.45, 2.75) is 13.8 Å². The molecule has 0 atom stereocenters. The molecule has 1 rings (SSSR count). The number of hydrogen-bond acceptors (Lipinski definition) is 2. The average Bonchev–Trinajstić information content (AvgIpc) is 2.36. The van der Waals surface area contributed by atoms with Crippen LogP contribution in [-0.2, 0) is 0 Å². The van der Waals surface area contributed by atoms with Gasteiger partial charge in [-0.25, -0.2) is 0 Å². The smallest absolute Gasteiger partial charge is 0.195 e. The van der Waals surface area contributed by atoms with Crippen LogP contribution in [0.15, 0.2) is 24.3 Å². The fraction of sp³-hybridized carbons (Fsp3) is 0.222. The molecule has 1 aromatic rings. The molecule has 1 nitrogen and oxygen atoms in total. The lowest BCUT2D eigenvalue weighted by molar-refractivity contribution is 0.105. The van der Waals surface area contributed by atoms with Gasteiger partial charge >= 0.3 is 0 Å². The molecule has 1 heterocycles. The molecule has 1 aromatic heterocycles. The first-order valence-electron chi connectivity index (χ1n) is 3.47. The van der Waals surface area contributed by atoms with Crippen molar-refractivity contribution in [1.82, 2.24) is 0 Å². The maximum absolute atomic E-state index is 11.2. The molecule has 0 spiro atoms. The molecule has 0 fully saturated rings. The summed E-state index contributed by atoms with van der Waals surface area (Å²) in [5.74, 6) is 0.102. The van der Waals surface area contributed by atoms with Gasteiger partial charge in [0.2, 0.25) is 0 Å². The largest absolute Gasteiger partial charge is 0.288 e. The molecule has 0 radical (unpaired) electrons. The van der Waals surface area contributed by atoms with Crippen molar-refractivity contribution < 1.29 is 4.79 Å². The van der Waals surface area contributed by atoms with Crippen LogP contribution in [0.3, 0.4) is 0 Å². The Morgan fingerprint density at radius 3 is 2.73 bits per heavy atom. The molecule has 0 aliphatic carbocycles. The Morgan fingerprint density at radius 2 is 2.27 bits per heavy atom. The van der Waals surface area contributed by atoms with E-state index in [1.54, 1.807) is 12.2 Å². The number of thiophene rings is 1. The third kappa shape index (κ3) is 2.02. The fourth-order valence-electron chi connectivity index (χ4n) is 0.800. The number of rotatable bonds is 2. The number of allylic oxidation sites excluding steroid dienone is 2. The summed E-state index contributed by atoms with van der Waals surface area (Å²) < 4.78 is 0. The minimum Gasteiger partial charge on any atom is -0.288 e. The van der Waals surface area contributed by atoms with Crippen molar-refractivity contribution in [1.29, 1.82) is 0 Å². The maximum atomic E-state index is 11.2. The van der Waals surface area contributed by atoms with E-state index in [0.717, 1.165) is 4.88 Å². The van der Waals surface area contributed by atoms with Crippen LogP contribution in [0.4, 0.5) is 0 Å². The lowest BCUT2D eigenvalue weighted by Crippen LogP contribution is -1.87. The maximum Gasteiger partial charge on any atom is 0.195 e. The van der Waals surface area contributed by atoms with E-state index in [9.17, 15) is 4.79 Å². The Bertz CT molecular complexity index is 284. The second-order valence-electron chi connectivity index (χ2n) is 2.27. The van der Waals surface area contributed by atoms with Crippen molar-refractivity contribution >= 4 is 17.1 Å². The number of carbonyl (C=O) groups is 1. The average molecular weight is 166 g/mol. The van der Waals surface area contributed by atoms with E-state index in [-0.39, 0.29) is 5.78 Å². The summed E-state index contributed by atoms with van der Waals surface area (Å²) in [5, 5.41) is 0. The summed E-state index contributed by atoms with van der Waals surface area (Å²) in [6.45, 7) is 3.84. The summed E-state index contributed by atoms with van der Waals surface area (Å²) in [5.41, 5.74) is 0. The second kappa shape index (κ2) is 3.49. The van der Waals surface area contributed by atoms with Gasteiger partial charge in [-0.3, -0.25) is 4.79 Å². The van der Waals surface area contributed by atoms with Gasteiger partial charge in [0.1, 0.15) is 0 Å². The molecule has 58 valence electrons. The van der Waals surface area contributed by atoms with E-state index in [4.69, 9.17) is 0 Å². The highest BCUT2D eigenvalue weighted by atomic mass is 32.1. The quantitative estimate of drug-likeness (QED) is 0.487. The zero-order valence-electron chi connectivity index (χ0n) is 6.63. The third-order valence-electron chi connectivity index (χ3n) is 1.30. The second-order valence-corrected chi connectivity index (χ2v) is 3.56. The Morgan fingerprint density at radius 1 is 1.55 bits per heavy atom. The number of aryl methyl sites for hydroxylation is 1. The molecular weight excluding hydrogens is 156 g/mol. The monoisotopic (exact) mass is 166 g/mol. The molecule has 0 saturated carbocycles. The van der Waals surface area contributed by atoms with Crippen LogP contribution in [0.5, 0.6) is 0 Å². The van der Waals surface area contributed by atoms with Gasteiger partial charge in [0.15, 0.2) is 5.78 Å². The summed E-state index contributed by atoms with van der Waals surface area (Å²) in [6, 6.07) is 3.82. The lowest BCUT2D eigenvalue weighted by Gasteiger charge is -1.84. The number of hydrogen-bond donors (Lipinski definition) is 0. The Balaban J connectivity index is 2.85. The van der Waals surface area contributed by atoms with E-state index >= 15 is 0 Å². The predicted octanol–water partition coefficient (Wildman–Crippen LogP) is 2.82. The Hall–Kier alpha value is -0.890. The van der Waals surface area contributed by atoms with Crippen LogP contribution in [0.2, 0.25) is 0 Å². The summed E-state index contributed by atoms with van der Waals surface area (Å²) in [7, 11) is 0. The molecule has 0 aliphatic heterocycles. The van der Waals surface area contributed by atoms with Crippen LogP contribution in [0.1, 0.15) is 21.5 Å². The van der Waals surface area contributed by atoms with Crippen molar-refractivity contribution in [3.8, 4) is 0 Å². The topological polar surface area (TPSA) is 17.1 Å². The zero-order chi connectivity index (χ0) is 8.27. The van der Waals surface area contributed by atoms with Gasteiger partial charge in [0.05, 0.1) is 4.88 Å². The van der Waals surface area contributed by atoms with Gasteiger partial charge in [-0.05, 0) is 32.1 Å². The van der Waals surface area contributed by atoms with E-state index in [1.165, 1.54) is 16.2 Å². The summed E-state index contributed by atoms with van der Waals surface area (Å²) in [4.78, 5) is 13.2. The van der Waals surface area contributed by atoms with Gasteiger partial charge in [-0.1, -0.05) is 6.08 Å². The first-order valence-corrected chi connectivity index (χ1v) is 4.29. The van der Waals surface area contributed by atoms with Crippen molar-refractivity contribution in [2.75, 3.05) is 0 Å². The molecule has 0 amide bonds. The molecule has 2 heteroatoms. The minimum absolute atomic E-state index is 0.102. The first kappa shape index (κ1) is 8.21. The minimum atomic E-state index is 0.102. The molecule has 11 heavy (non-hydrogen) atoms. The highest BCUT2D eigenvalue weighted by Gasteiger charge is 2.02. The Labute approximate surface area is 70.4 Å². The van der Waals surface area contributed by atoms with Gasteiger partial charge < -0.3 is 0 Å². The van der Waals surface area contributed by atoms with Crippen LogP contribution in [0, 0.1) is 6.92 Å². The highest BCUT2D eigenvalue weighted by molar-refractivity contribution is 7.14. The third-order valence-corrected chi connectivity index (χ3v) is 2.32. The van der Waals surface area contributed by atoms with Crippen LogP contribution >= 0.6 is 11.3 Å². The van der Waals surface area contributed by atoms with Crippen LogP contribution < -0.4 is 0 Å². The SMILES string of the molecule is CC=CC(=O)c1ccc(C)s1. The van der Waals surface area contributed by atoms with Gasteiger partial charge in [-0.15, -0.1) is 11.3 Å². The van der Waals surface area contributed by atoms with E-state index < -0.39 is 0 Å². The van der Waals surface area contributed by atoms with Crippen LogP contribution in [-0.4, -0.2) is 5.78 Å². The van der Waals surface area contributed by atoms with Crippen molar-refractivity contribution in [3.63, 3.8) is 0 Å². The van der Waals surface area contributed by atoms with Crippen molar-refractivity contribution in [2.24, 2.45) is 0 Å². The highest BCUT2D eigenvalue weighted by Crippen LogP contribution is 2.15. The summed E-state index contributed by atoms with van der Waals surface area (Å²) in [6.07, 6.45) is 3.35. The van der Waals surface area contributed by atoms with Gasteiger partial charge in [-0.2, -0.15) is 0 Å². The predicted molar refractivity (Wildman–Crippen MR) is 48.2 cm³/mol. The standard InChI is InChI=1S/C9H10OS/c1-3-4-8(10)9-6-5-7(2)11-9/h3-6H,1-2H3. The first-order chi connectivity index (χ1) is 5.24. The lowest BCUT2D eigenvalue weighted by atomic mass is 10.3. The zero-order valence-corrected chi connectivity index (χ0v) is 7.44. The molecule has 0 saturated heterocycles. The molecule has 0 aromatic carbocycles.